The Morgan fingerprint density at radius 2 is 1.80 bits per heavy atom. The molecule has 1 saturated heterocycles. The molecule has 0 bridgehead atoms. The number of halogens is 3. The van der Waals surface area contributed by atoms with Crippen LogP contribution in [0.25, 0.3) is 0 Å². The second-order valence-electron chi connectivity index (χ2n) is 6.24. The first kappa shape index (κ1) is 16.7. The third-order valence-corrected chi connectivity index (χ3v) is 3.73. The van der Waals surface area contributed by atoms with Gasteiger partial charge in [-0.25, -0.2) is 0 Å². The summed E-state index contributed by atoms with van der Waals surface area (Å²) in [4.78, 5) is 24.0. The van der Waals surface area contributed by atoms with Crippen LogP contribution < -0.4 is 5.73 Å². The summed E-state index contributed by atoms with van der Waals surface area (Å²) in [7, 11) is 0. The number of nitrogens with two attached hydrogens (primary N) is 1. The summed E-state index contributed by atoms with van der Waals surface area (Å²) in [5, 5.41) is 8.91. The minimum Gasteiger partial charge on any atom is -0.481 e. The Balaban J connectivity index is 2.96. The monoisotopic (exact) mass is 296 g/mol. The fourth-order valence-electron chi connectivity index (χ4n) is 2.09. The van der Waals surface area contributed by atoms with E-state index in [-0.39, 0.29) is 6.54 Å². The van der Waals surface area contributed by atoms with Crippen LogP contribution in [0.1, 0.15) is 27.2 Å². The van der Waals surface area contributed by atoms with Crippen LogP contribution in [0.4, 0.5) is 13.2 Å². The lowest BCUT2D eigenvalue weighted by atomic mass is 9.85. The number of alkyl halides is 3. The smallest absolute Gasteiger partial charge is 0.406 e. The molecule has 3 N–H and O–H groups in total. The maximum absolute atomic E-state index is 13.0. The number of carboxylic acid groups (broad SMARTS) is 1. The van der Waals surface area contributed by atoms with E-state index < -0.39 is 47.9 Å². The molecule has 1 unspecified atom stereocenters. The molecule has 1 aliphatic heterocycles. The Morgan fingerprint density at radius 1 is 1.30 bits per heavy atom. The van der Waals surface area contributed by atoms with Gasteiger partial charge in [0.2, 0.25) is 5.91 Å². The summed E-state index contributed by atoms with van der Waals surface area (Å²) in [5.41, 5.74) is 2.23. The molecule has 116 valence electrons. The Kier molecular flexibility index (Phi) is 4.11. The van der Waals surface area contributed by atoms with E-state index in [1.807, 2.05) is 0 Å². The van der Waals surface area contributed by atoms with E-state index in [1.165, 1.54) is 0 Å². The van der Waals surface area contributed by atoms with Gasteiger partial charge in [-0.1, -0.05) is 20.8 Å². The number of likely N-dealkylation sites (tertiary alicyclic amines) is 1. The first-order valence-corrected chi connectivity index (χ1v) is 6.17. The van der Waals surface area contributed by atoms with Crippen LogP contribution in [-0.4, -0.2) is 47.2 Å². The van der Waals surface area contributed by atoms with Crippen LogP contribution in [0.5, 0.6) is 0 Å². The molecular weight excluding hydrogens is 277 g/mol. The van der Waals surface area contributed by atoms with Crippen molar-refractivity contribution in [3.8, 4) is 0 Å². The van der Waals surface area contributed by atoms with Crippen molar-refractivity contribution in [3.05, 3.63) is 0 Å². The molecular formula is C12H19F3N2O3. The first-order chi connectivity index (χ1) is 8.83. The van der Waals surface area contributed by atoms with Crippen molar-refractivity contribution in [2.24, 2.45) is 16.6 Å². The molecule has 1 fully saturated rings. The SMILES string of the molecule is CC(C)(C)[C@H](N)C(=O)N1CCC(C(=O)O)(C(F)(F)F)C1. The lowest BCUT2D eigenvalue weighted by molar-refractivity contribution is -0.227. The molecule has 1 heterocycles. The van der Waals surface area contributed by atoms with Gasteiger partial charge in [-0.15, -0.1) is 0 Å². The second kappa shape index (κ2) is 4.91. The zero-order valence-corrected chi connectivity index (χ0v) is 11.6. The van der Waals surface area contributed by atoms with E-state index in [4.69, 9.17) is 10.8 Å². The van der Waals surface area contributed by atoms with Gasteiger partial charge in [0.1, 0.15) is 0 Å². The molecule has 0 aromatic carbocycles. The molecule has 0 saturated carbocycles. The van der Waals surface area contributed by atoms with Crippen molar-refractivity contribution in [3.63, 3.8) is 0 Å². The van der Waals surface area contributed by atoms with E-state index in [2.05, 4.69) is 0 Å². The number of nitrogens with zero attached hydrogens (tertiary/aromatic N) is 1. The van der Waals surface area contributed by atoms with Crippen LogP contribution in [-0.2, 0) is 9.59 Å². The number of hydrogen-bond acceptors (Lipinski definition) is 3. The second-order valence-corrected chi connectivity index (χ2v) is 6.24. The Labute approximate surface area is 114 Å². The fraction of sp³-hybridized carbons (Fsp3) is 0.833. The van der Waals surface area contributed by atoms with Crippen LogP contribution in [0.15, 0.2) is 0 Å². The highest BCUT2D eigenvalue weighted by Gasteiger charge is 2.64. The van der Waals surface area contributed by atoms with Gasteiger partial charge in [0.25, 0.3) is 0 Å². The molecule has 0 aromatic heterocycles. The largest absolute Gasteiger partial charge is 0.481 e. The number of carbonyl (C=O) groups excluding carboxylic acids is 1. The summed E-state index contributed by atoms with van der Waals surface area (Å²) in [5.74, 6) is -2.60. The van der Waals surface area contributed by atoms with Gasteiger partial charge < -0.3 is 15.7 Å². The van der Waals surface area contributed by atoms with Gasteiger partial charge in [0.05, 0.1) is 6.04 Å². The minimum atomic E-state index is -4.90. The van der Waals surface area contributed by atoms with Crippen LogP contribution in [0.2, 0.25) is 0 Å². The Morgan fingerprint density at radius 3 is 2.10 bits per heavy atom. The highest BCUT2D eigenvalue weighted by Crippen LogP contribution is 2.46. The van der Waals surface area contributed by atoms with E-state index in [0.717, 1.165) is 4.90 Å². The quantitative estimate of drug-likeness (QED) is 0.802. The van der Waals surface area contributed by atoms with Gasteiger partial charge in [-0.05, 0) is 11.8 Å². The number of hydrogen-bond donors (Lipinski definition) is 2. The van der Waals surface area contributed by atoms with Gasteiger partial charge in [-0.2, -0.15) is 13.2 Å². The van der Waals surface area contributed by atoms with Gasteiger partial charge >= 0.3 is 12.1 Å². The summed E-state index contributed by atoms with van der Waals surface area (Å²) >= 11 is 0. The van der Waals surface area contributed by atoms with Crippen molar-refractivity contribution in [1.82, 2.24) is 4.90 Å². The highest BCUT2D eigenvalue weighted by molar-refractivity contribution is 5.85. The fourth-order valence-corrected chi connectivity index (χ4v) is 2.09. The summed E-state index contributed by atoms with van der Waals surface area (Å²) in [6.07, 6.45) is -5.55. The lowest BCUT2D eigenvalue weighted by Gasteiger charge is -2.31. The molecule has 20 heavy (non-hydrogen) atoms. The zero-order chi connectivity index (χ0) is 15.9. The molecule has 5 nitrogen and oxygen atoms in total. The minimum absolute atomic E-state index is 0.256. The molecule has 0 radical (unpaired) electrons. The Hall–Kier alpha value is -1.31. The number of carboxylic acids is 1. The number of carbonyl (C=O) groups is 2. The average molecular weight is 296 g/mol. The summed E-state index contributed by atoms with van der Waals surface area (Å²) in [6, 6.07) is -0.972. The number of rotatable bonds is 2. The van der Waals surface area contributed by atoms with Crippen LogP contribution >= 0.6 is 0 Å². The van der Waals surface area contributed by atoms with E-state index in [1.54, 1.807) is 20.8 Å². The van der Waals surface area contributed by atoms with Crippen molar-refractivity contribution in [2.45, 2.75) is 39.4 Å². The normalized spacial score (nSPS) is 25.6. The predicted molar refractivity (Wildman–Crippen MR) is 64.8 cm³/mol. The van der Waals surface area contributed by atoms with Crippen molar-refractivity contribution in [1.29, 1.82) is 0 Å². The molecule has 0 aromatic rings. The highest BCUT2D eigenvalue weighted by atomic mass is 19.4. The number of amides is 1. The lowest BCUT2D eigenvalue weighted by Crippen LogP contribution is -2.52. The average Bonchev–Trinajstić information content (AvgIpc) is 2.71. The van der Waals surface area contributed by atoms with Crippen LogP contribution in [0, 0.1) is 10.8 Å². The van der Waals surface area contributed by atoms with Gasteiger partial charge in [0, 0.05) is 13.1 Å². The molecule has 1 rings (SSSR count). The maximum atomic E-state index is 13.0. The van der Waals surface area contributed by atoms with E-state index in [9.17, 15) is 22.8 Å². The molecule has 1 aliphatic rings. The predicted octanol–water partition coefficient (Wildman–Crippen LogP) is 1.23. The standard InChI is InChI=1S/C12H19F3N2O3/c1-10(2,3)7(16)8(18)17-5-4-11(6-17,9(19)20)12(13,14)15/h7H,4-6,16H2,1-3H3,(H,19,20)/t7-,11?/m1/s1. The van der Waals surface area contributed by atoms with Crippen molar-refractivity contribution < 1.29 is 27.9 Å². The first-order valence-electron chi connectivity index (χ1n) is 6.17. The third-order valence-electron chi connectivity index (χ3n) is 3.73. The molecule has 0 spiro atoms. The van der Waals surface area contributed by atoms with Crippen molar-refractivity contribution in [2.75, 3.05) is 13.1 Å². The molecule has 0 aliphatic carbocycles. The molecule has 2 atom stereocenters. The van der Waals surface area contributed by atoms with E-state index in [0.29, 0.717) is 0 Å². The third kappa shape index (κ3) is 2.74. The van der Waals surface area contributed by atoms with Gasteiger partial charge in [-0.3, -0.25) is 9.59 Å². The van der Waals surface area contributed by atoms with Gasteiger partial charge in [0.15, 0.2) is 5.41 Å². The maximum Gasteiger partial charge on any atom is 0.406 e. The van der Waals surface area contributed by atoms with E-state index >= 15 is 0 Å². The zero-order valence-electron chi connectivity index (χ0n) is 11.6. The number of aliphatic carboxylic acids is 1. The van der Waals surface area contributed by atoms with Crippen LogP contribution in [0.3, 0.4) is 0 Å². The molecule has 1 amide bonds. The Bertz CT molecular complexity index is 417. The molecule has 8 heteroatoms. The van der Waals surface area contributed by atoms with Crippen molar-refractivity contribution >= 4 is 11.9 Å². The summed E-state index contributed by atoms with van der Waals surface area (Å²) in [6.45, 7) is 3.95. The summed E-state index contributed by atoms with van der Waals surface area (Å²) < 4.78 is 39.0. The topological polar surface area (TPSA) is 83.6 Å².